The molecule has 0 unspecified atom stereocenters. The summed E-state index contributed by atoms with van der Waals surface area (Å²) in [6, 6.07) is 21.9. The number of pyridine rings is 1. The smallest absolute Gasteiger partial charge is 0.407 e. The Balaban J connectivity index is 0.774. The molecular formula is C53H65FN10O6. The third-order valence-corrected chi connectivity index (χ3v) is 13.4. The minimum absolute atomic E-state index is 0.0250. The monoisotopic (exact) mass is 957 g/mol. The maximum atomic E-state index is 15.1. The van der Waals surface area contributed by atoms with E-state index < -0.39 is 23.4 Å². The maximum Gasteiger partial charge on any atom is 0.407 e. The van der Waals surface area contributed by atoms with Gasteiger partial charge in [0.15, 0.2) is 5.69 Å². The number of carbonyl (C=O) groups is 4. The van der Waals surface area contributed by atoms with Crippen LogP contribution in [0, 0.1) is 11.7 Å². The highest BCUT2D eigenvalue weighted by Crippen LogP contribution is 2.28. The molecule has 5 heterocycles. The Bertz CT molecular complexity index is 2740. The Morgan fingerprint density at radius 1 is 0.757 bits per heavy atom. The van der Waals surface area contributed by atoms with E-state index in [0.717, 1.165) is 63.1 Å². The van der Waals surface area contributed by atoms with Gasteiger partial charge in [-0.15, -0.1) is 0 Å². The number of amides is 4. The van der Waals surface area contributed by atoms with E-state index in [9.17, 15) is 24.0 Å². The molecule has 0 saturated carbocycles. The number of aromatic amines is 1. The molecule has 0 atom stereocenters. The van der Waals surface area contributed by atoms with Crippen LogP contribution in [-0.4, -0.2) is 161 Å². The van der Waals surface area contributed by atoms with Gasteiger partial charge in [-0.05, 0) is 86.9 Å². The number of aryl methyl sites for hydroxylation is 1. The Kier molecular flexibility index (Phi) is 15.9. The summed E-state index contributed by atoms with van der Waals surface area (Å²) in [5.74, 6) is -0.676. The number of alkyl carbamates (subject to hydrolysis) is 1. The first-order valence-corrected chi connectivity index (χ1v) is 24.6. The molecule has 2 aromatic heterocycles. The van der Waals surface area contributed by atoms with Gasteiger partial charge in [0, 0.05) is 109 Å². The molecular weight excluding hydrogens is 892 g/mol. The molecule has 16 nitrogen and oxygen atoms in total. The Morgan fingerprint density at radius 2 is 1.46 bits per heavy atom. The van der Waals surface area contributed by atoms with Crippen molar-refractivity contribution in [1.82, 2.24) is 45.0 Å². The average Bonchev–Trinajstić information content (AvgIpc) is 3.36. The van der Waals surface area contributed by atoms with Crippen LogP contribution in [0.15, 0.2) is 83.8 Å². The van der Waals surface area contributed by atoms with E-state index in [1.165, 1.54) is 11.6 Å². The summed E-state index contributed by atoms with van der Waals surface area (Å²) in [7, 11) is 0. The summed E-state index contributed by atoms with van der Waals surface area (Å²) < 4.78 is 20.5. The van der Waals surface area contributed by atoms with Crippen molar-refractivity contribution in [2.75, 3.05) is 96.9 Å². The molecule has 0 radical (unpaired) electrons. The fraction of sp³-hybridized carbons (Fsp3) is 0.453. The zero-order valence-corrected chi connectivity index (χ0v) is 40.8. The zero-order chi connectivity index (χ0) is 49.4. The van der Waals surface area contributed by atoms with Gasteiger partial charge < -0.3 is 35.0 Å². The molecule has 70 heavy (non-hydrogen) atoms. The Morgan fingerprint density at radius 3 is 2.19 bits per heavy atom. The first-order valence-electron chi connectivity index (χ1n) is 24.6. The number of nitrogens with zero attached hydrogens (tertiary/aromatic N) is 7. The molecule has 8 rings (SSSR count). The maximum absolute atomic E-state index is 15.1. The van der Waals surface area contributed by atoms with Crippen LogP contribution >= 0.6 is 0 Å². The van der Waals surface area contributed by atoms with Crippen LogP contribution in [0.4, 0.5) is 14.9 Å². The summed E-state index contributed by atoms with van der Waals surface area (Å²) in [5, 5.41) is 14.1. The summed E-state index contributed by atoms with van der Waals surface area (Å²) in [5.41, 5.74) is 4.51. The molecule has 17 heteroatoms. The number of likely N-dealkylation sites (tertiary alicyclic amines) is 1. The summed E-state index contributed by atoms with van der Waals surface area (Å²) in [6.45, 7) is 15.4. The van der Waals surface area contributed by atoms with Crippen LogP contribution in [-0.2, 0) is 22.4 Å². The lowest BCUT2D eigenvalue weighted by atomic mass is 9.95. The second kappa shape index (κ2) is 22.4. The molecule has 0 aliphatic carbocycles. The molecule has 3 saturated heterocycles. The third-order valence-electron chi connectivity index (χ3n) is 13.4. The van der Waals surface area contributed by atoms with Gasteiger partial charge in [0.05, 0.1) is 28.9 Å². The molecule has 3 aromatic carbocycles. The van der Waals surface area contributed by atoms with Crippen molar-refractivity contribution >= 4 is 40.3 Å². The van der Waals surface area contributed by atoms with Crippen LogP contribution in [0.3, 0.4) is 0 Å². The fourth-order valence-corrected chi connectivity index (χ4v) is 9.50. The first-order chi connectivity index (χ1) is 33.7. The van der Waals surface area contributed by atoms with E-state index in [1.54, 1.807) is 40.3 Å². The predicted octanol–water partition coefficient (Wildman–Crippen LogP) is 5.67. The van der Waals surface area contributed by atoms with Crippen molar-refractivity contribution in [3.63, 3.8) is 0 Å². The van der Waals surface area contributed by atoms with Crippen molar-refractivity contribution in [3.8, 4) is 11.1 Å². The summed E-state index contributed by atoms with van der Waals surface area (Å²) in [6.07, 6.45) is 4.24. The van der Waals surface area contributed by atoms with Crippen LogP contribution in [0.2, 0.25) is 0 Å². The number of rotatable bonds is 14. The van der Waals surface area contributed by atoms with Gasteiger partial charge >= 0.3 is 6.09 Å². The fourth-order valence-electron chi connectivity index (χ4n) is 9.50. The molecule has 3 fully saturated rings. The number of aromatic nitrogens is 3. The van der Waals surface area contributed by atoms with Crippen LogP contribution < -0.4 is 16.2 Å². The molecule has 0 spiro atoms. The van der Waals surface area contributed by atoms with Gasteiger partial charge in [0.2, 0.25) is 5.91 Å². The van der Waals surface area contributed by atoms with Crippen molar-refractivity contribution in [2.45, 2.75) is 59.0 Å². The molecule has 3 N–H and O–H groups in total. The highest BCUT2D eigenvalue weighted by atomic mass is 19.1. The number of hydrogen-bond acceptors (Lipinski definition) is 11. The second-order valence-corrected chi connectivity index (χ2v) is 19.6. The number of nitrogens with one attached hydrogen (secondary N) is 3. The molecule has 4 amide bonds. The van der Waals surface area contributed by atoms with E-state index in [-0.39, 0.29) is 22.9 Å². The van der Waals surface area contributed by atoms with Gasteiger partial charge in [0.1, 0.15) is 11.4 Å². The largest absolute Gasteiger partial charge is 0.444 e. The number of piperazine rings is 2. The lowest BCUT2D eigenvalue weighted by molar-refractivity contribution is -0.134. The second-order valence-electron chi connectivity index (χ2n) is 19.6. The SMILES string of the molecule is CCc1cccc(-c2cnc(C(=O)N3CCC(CN4CCN(CC(=O)N5CCN(C(=O)c6cc(Cc7n[nH]c(=O)c8ccccc78)ccc6F)CC5)CC4)CC3)c(NCCNC(=O)OC(C)(C)C)c2)c1. The van der Waals surface area contributed by atoms with E-state index in [1.807, 2.05) is 56.0 Å². The summed E-state index contributed by atoms with van der Waals surface area (Å²) >= 11 is 0. The molecule has 3 aliphatic heterocycles. The van der Waals surface area contributed by atoms with Crippen molar-refractivity contribution < 1.29 is 28.3 Å². The topological polar surface area (TPSA) is 176 Å². The summed E-state index contributed by atoms with van der Waals surface area (Å²) in [4.78, 5) is 80.3. The molecule has 5 aromatic rings. The highest BCUT2D eigenvalue weighted by molar-refractivity contribution is 5.98. The van der Waals surface area contributed by atoms with E-state index in [2.05, 4.69) is 49.7 Å². The van der Waals surface area contributed by atoms with Gasteiger partial charge in [0.25, 0.3) is 17.4 Å². The van der Waals surface area contributed by atoms with E-state index >= 15 is 4.39 Å². The number of benzene rings is 3. The Labute approximate surface area is 408 Å². The number of halogens is 1. The van der Waals surface area contributed by atoms with Crippen LogP contribution in [0.25, 0.3) is 21.9 Å². The number of ether oxygens (including phenoxy) is 1. The normalized spacial score (nSPS) is 16.3. The first kappa shape index (κ1) is 49.7. The van der Waals surface area contributed by atoms with E-state index in [0.29, 0.717) is 105 Å². The van der Waals surface area contributed by atoms with Gasteiger partial charge in [-0.3, -0.25) is 24.1 Å². The average molecular weight is 957 g/mol. The molecule has 0 bridgehead atoms. The minimum atomic E-state index is -0.609. The number of fused-ring (bicyclic) bond motifs is 1. The van der Waals surface area contributed by atoms with Crippen molar-refractivity contribution in [2.24, 2.45) is 5.92 Å². The van der Waals surface area contributed by atoms with Gasteiger partial charge in [-0.2, -0.15) is 5.10 Å². The van der Waals surface area contributed by atoms with Gasteiger partial charge in [-0.1, -0.05) is 55.5 Å². The predicted molar refractivity (Wildman–Crippen MR) is 267 cm³/mol. The molecule has 3 aliphatic rings. The van der Waals surface area contributed by atoms with Crippen molar-refractivity contribution in [1.29, 1.82) is 0 Å². The lowest BCUT2D eigenvalue weighted by Crippen LogP contribution is -2.55. The Hall–Kier alpha value is -6.72. The van der Waals surface area contributed by atoms with E-state index in [4.69, 9.17) is 9.72 Å². The lowest BCUT2D eigenvalue weighted by Gasteiger charge is -2.40. The van der Waals surface area contributed by atoms with Crippen molar-refractivity contribution in [3.05, 3.63) is 123 Å². The van der Waals surface area contributed by atoms with Crippen LogP contribution in [0.5, 0.6) is 0 Å². The third kappa shape index (κ3) is 12.5. The number of hydrogen-bond donors (Lipinski definition) is 3. The standard InChI is InChI=1S/C53H65FN10O6/c1-5-36-9-8-10-39(29-36)40-32-46(55-17-18-56-52(69)70-53(2,3)4)48(57-33-40)51(68)63-19-15-37(16-20-63)34-60-21-23-61(24-22-60)35-47(65)62-25-27-64(28-26-62)50(67)43-30-38(13-14-44(43)54)31-45-41-11-6-7-12-42(41)49(66)59-58-45/h6-14,29-30,32-33,37,55H,5,15-28,31,34-35H2,1-4H3,(H,56,69)(H,59,66). The highest BCUT2D eigenvalue weighted by Gasteiger charge is 2.31. The quantitative estimate of drug-likeness (QED) is 0.117. The minimum Gasteiger partial charge on any atom is -0.444 e. The van der Waals surface area contributed by atoms with Gasteiger partial charge in [-0.25, -0.2) is 19.3 Å². The number of carbonyl (C=O) groups excluding carboxylic acids is 4. The number of anilines is 1. The zero-order valence-electron chi connectivity index (χ0n) is 40.8. The number of H-pyrrole nitrogens is 1. The molecule has 370 valence electrons. The number of piperidine rings is 1. The van der Waals surface area contributed by atoms with Crippen LogP contribution in [0.1, 0.15) is 78.2 Å².